The Kier molecular flexibility index (Phi) is 3.16. The van der Waals surface area contributed by atoms with E-state index >= 15 is 0 Å². The zero-order valence-electron chi connectivity index (χ0n) is 9.74. The zero-order chi connectivity index (χ0) is 12.6. The third-order valence-corrected chi connectivity index (χ3v) is 4.55. The van der Waals surface area contributed by atoms with Gasteiger partial charge in [-0.1, -0.05) is 60.7 Å². The summed E-state index contributed by atoms with van der Waals surface area (Å²) in [5.74, 6) is 0. The van der Waals surface area contributed by atoms with E-state index in [-0.39, 0.29) is 5.41 Å². The van der Waals surface area contributed by atoms with Crippen molar-refractivity contribution in [2.45, 2.75) is 11.8 Å². The zero-order valence-corrected chi connectivity index (χ0v) is 12.9. The van der Waals surface area contributed by atoms with Crippen LogP contribution in [0.2, 0.25) is 0 Å². The number of rotatable bonds is 2. The Morgan fingerprint density at radius 2 is 1.22 bits per heavy atom. The van der Waals surface area contributed by atoms with Crippen molar-refractivity contribution in [2.24, 2.45) is 0 Å². The summed E-state index contributed by atoms with van der Waals surface area (Å²) in [4.78, 5) is 0. The molecule has 0 radical (unpaired) electrons. The molecule has 0 N–H and O–H groups in total. The minimum atomic E-state index is 0.0604. The molecule has 0 unspecified atom stereocenters. The predicted octanol–water partition coefficient (Wildman–Crippen LogP) is 5.38. The molecule has 0 spiro atoms. The second kappa shape index (κ2) is 4.67. The maximum Gasteiger partial charge on any atom is 0.0609 e. The third kappa shape index (κ3) is 1.88. The molecule has 0 heterocycles. The van der Waals surface area contributed by atoms with Crippen LogP contribution in [0, 0.1) is 0 Å². The molecular weight excluding hydrogens is 352 g/mol. The van der Waals surface area contributed by atoms with Crippen molar-refractivity contribution >= 4 is 31.9 Å². The van der Waals surface area contributed by atoms with Gasteiger partial charge in [0.25, 0.3) is 0 Å². The fraction of sp³-hybridized carbons (Fsp3) is 0.125. The molecule has 2 aromatic rings. The third-order valence-electron chi connectivity index (χ3n) is 3.59. The molecule has 1 fully saturated rings. The molecule has 1 saturated carbocycles. The van der Waals surface area contributed by atoms with Crippen LogP contribution in [-0.4, -0.2) is 0 Å². The van der Waals surface area contributed by atoms with Gasteiger partial charge in [-0.3, -0.25) is 0 Å². The van der Waals surface area contributed by atoms with Gasteiger partial charge in [-0.05, 0) is 55.0 Å². The van der Waals surface area contributed by atoms with Gasteiger partial charge in [-0.15, -0.1) is 0 Å². The molecule has 2 aromatic carbocycles. The first kappa shape index (κ1) is 12.2. The van der Waals surface area contributed by atoms with Crippen LogP contribution in [0.1, 0.15) is 17.5 Å². The van der Waals surface area contributed by atoms with Crippen molar-refractivity contribution < 1.29 is 0 Å². The van der Waals surface area contributed by atoms with Gasteiger partial charge in [-0.2, -0.15) is 0 Å². The number of hydrogen-bond acceptors (Lipinski definition) is 0. The summed E-state index contributed by atoms with van der Waals surface area (Å²) in [6.45, 7) is 0. The van der Waals surface area contributed by atoms with Crippen molar-refractivity contribution in [2.75, 3.05) is 0 Å². The Morgan fingerprint density at radius 3 is 1.56 bits per heavy atom. The molecule has 0 amide bonds. The molecule has 1 aliphatic carbocycles. The lowest BCUT2D eigenvalue weighted by Crippen LogP contribution is -2.09. The Morgan fingerprint density at radius 1 is 0.778 bits per heavy atom. The highest BCUT2D eigenvalue weighted by Crippen LogP contribution is 2.61. The summed E-state index contributed by atoms with van der Waals surface area (Å²) in [5, 5.41) is 0. The van der Waals surface area contributed by atoms with Crippen LogP contribution < -0.4 is 0 Å². The first-order valence-corrected chi connectivity index (χ1v) is 7.49. The van der Waals surface area contributed by atoms with E-state index in [1.54, 1.807) is 0 Å². The minimum absolute atomic E-state index is 0.0604. The normalized spacial score (nSPS) is 16.4. The van der Waals surface area contributed by atoms with Gasteiger partial charge in [-0.25, -0.2) is 0 Å². The predicted molar refractivity (Wildman–Crippen MR) is 83.2 cm³/mol. The van der Waals surface area contributed by atoms with Crippen molar-refractivity contribution in [3.63, 3.8) is 0 Å². The fourth-order valence-electron chi connectivity index (χ4n) is 2.61. The van der Waals surface area contributed by atoms with Gasteiger partial charge >= 0.3 is 0 Å². The van der Waals surface area contributed by atoms with E-state index in [2.05, 4.69) is 92.5 Å². The number of halogens is 2. The van der Waals surface area contributed by atoms with Gasteiger partial charge in [0.2, 0.25) is 0 Å². The van der Waals surface area contributed by atoms with E-state index in [1.807, 2.05) is 0 Å². The topological polar surface area (TPSA) is 0 Å². The molecule has 0 aliphatic heterocycles. The number of benzene rings is 2. The SMILES string of the molecule is BrC(Br)=C1CC1(c1ccccc1)c1ccccc1. The van der Waals surface area contributed by atoms with Crippen molar-refractivity contribution in [1.82, 2.24) is 0 Å². The van der Waals surface area contributed by atoms with Crippen LogP contribution in [0.25, 0.3) is 0 Å². The molecule has 2 heteroatoms. The molecule has 0 bridgehead atoms. The summed E-state index contributed by atoms with van der Waals surface area (Å²) in [7, 11) is 0. The van der Waals surface area contributed by atoms with E-state index < -0.39 is 0 Å². The molecular formula is C16H12Br2. The second-order valence-corrected chi connectivity index (χ2v) is 7.20. The monoisotopic (exact) mass is 362 g/mol. The van der Waals surface area contributed by atoms with Crippen LogP contribution in [0.4, 0.5) is 0 Å². The van der Waals surface area contributed by atoms with Gasteiger partial charge in [0.1, 0.15) is 0 Å². The Hall–Kier alpha value is -0.860. The molecule has 90 valence electrons. The van der Waals surface area contributed by atoms with Gasteiger partial charge < -0.3 is 0 Å². The van der Waals surface area contributed by atoms with E-state index in [1.165, 1.54) is 16.7 Å². The van der Waals surface area contributed by atoms with E-state index in [0.29, 0.717) is 0 Å². The Labute approximate surface area is 124 Å². The van der Waals surface area contributed by atoms with Crippen LogP contribution in [0.3, 0.4) is 0 Å². The highest BCUT2D eigenvalue weighted by Gasteiger charge is 2.52. The quantitative estimate of drug-likeness (QED) is 0.672. The van der Waals surface area contributed by atoms with Gasteiger partial charge in [0, 0.05) is 5.41 Å². The summed E-state index contributed by atoms with van der Waals surface area (Å²) in [6, 6.07) is 21.4. The average Bonchev–Trinajstić information content (AvgIpc) is 3.18. The Balaban J connectivity index is 2.17. The molecule has 1 aliphatic rings. The highest BCUT2D eigenvalue weighted by molar-refractivity contribution is 9.28. The van der Waals surface area contributed by atoms with Gasteiger partial charge in [0.15, 0.2) is 0 Å². The molecule has 0 atom stereocenters. The summed E-state index contributed by atoms with van der Waals surface area (Å²) in [5.41, 5.74) is 4.20. The second-order valence-electron chi connectivity index (χ2n) is 4.55. The minimum Gasteiger partial charge on any atom is -0.0622 e. The largest absolute Gasteiger partial charge is 0.0622 e. The van der Waals surface area contributed by atoms with Crippen LogP contribution in [0.15, 0.2) is 69.6 Å². The molecule has 18 heavy (non-hydrogen) atoms. The lowest BCUT2D eigenvalue weighted by molar-refractivity contribution is 0.881. The van der Waals surface area contributed by atoms with Crippen molar-refractivity contribution in [1.29, 1.82) is 0 Å². The van der Waals surface area contributed by atoms with E-state index in [9.17, 15) is 0 Å². The number of hydrogen-bond donors (Lipinski definition) is 0. The van der Waals surface area contributed by atoms with Gasteiger partial charge in [0.05, 0.1) is 3.39 Å². The highest BCUT2D eigenvalue weighted by atomic mass is 79.9. The lowest BCUT2D eigenvalue weighted by atomic mass is 9.87. The van der Waals surface area contributed by atoms with Crippen LogP contribution >= 0.6 is 31.9 Å². The maximum absolute atomic E-state index is 3.57. The molecule has 0 nitrogen and oxygen atoms in total. The summed E-state index contributed by atoms with van der Waals surface area (Å²) < 4.78 is 1.09. The standard InChI is InChI=1S/C16H12Br2/c17-15(18)14-11-16(14,12-7-3-1-4-8-12)13-9-5-2-6-10-13/h1-10H,11H2. The summed E-state index contributed by atoms with van der Waals surface area (Å²) in [6.07, 6.45) is 1.08. The van der Waals surface area contributed by atoms with E-state index in [0.717, 1.165) is 9.81 Å². The molecule has 0 saturated heterocycles. The summed E-state index contributed by atoms with van der Waals surface area (Å²) >= 11 is 7.14. The molecule has 0 aromatic heterocycles. The van der Waals surface area contributed by atoms with Crippen LogP contribution in [-0.2, 0) is 5.41 Å². The lowest BCUT2D eigenvalue weighted by Gasteiger charge is -2.16. The fourth-order valence-corrected chi connectivity index (χ4v) is 3.57. The number of allylic oxidation sites excluding steroid dienone is 1. The maximum atomic E-state index is 3.57. The van der Waals surface area contributed by atoms with Crippen molar-refractivity contribution in [3.8, 4) is 0 Å². The Bertz CT molecular complexity index is 542. The first-order valence-electron chi connectivity index (χ1n) is 5.91. The van der Waals surface area contributed by atoms with E-state index in [4.69, 9.17) is 0 Å². The smallest absolute Gasteiger partial charge is 0.0609 e. The molecule has 3 rings (SSSR count). The first-order chi connectivity index (χ1) is 8.75. The average molecular weight is 364 g/mol. The van der Waals surface area contributed by atoms with Crippen molar-refractivity contribution in [3.05, 3.63) is 80.8 Å². The van der Waals surface area contributed by atoms with Crippen LogP contribution in [0.5, 0.6) is 0 Å².